The summed E-state index contributed by atoms with van der Waals surface area (Å²) in [5, 5.41) is 0. The van der Waals surface area contributed by atoms with E-state index in [1.54, 1.807) is 19.1 Å². The molecule has 1 aromatic rings. The van der Waals surface area contributed by atoms with Gasteiger partial charge in [0.05, 0.1) is 0 Å². The Morgan fingerprint density at radius 1 is 0.880 bits per heavy atom. The summed E-state index contributed by atoms with van der Waals surface area (Å²) >= 11 is 0. The zero-order chi connectivity index (χ0) is 17.8. The minimum absolute atomic E-state index is 0.406. The van der Waals surface area contributed by atoms with E-state index in [-0.39, 0.29) is 0 Å². The van der Waals surface area contributed by atoms with Crippen molar-refractivity contribution in [3.05, 3.63) is 34.9 Å². The summed E-state index contributed by atoms with van der Waals surface area (Å²) < 4.78 is 27.8. The first-order valence-electron chi connectivity index (χ1n) is 10.2. The fraction of sp³-hybridized carbons (Fsp3) is 0.727. The average Bonchev–Trinajstić information content (AvgIpc) is 2.63. The molecule has 2 fully saturated rings. The molecule has 0 bridgehead atoms. The number of rotatable bonds is 5. The summed E-state index contributed by atoms with van der Waals surface area (Å²) in [4.78, 5) is 0. The molecule has 25 heavy (non-hydrogen) atoms. The summed E-state index contributed by atoms with van der Waals surface area (Å²) in [7, 11) is 1.12. The first-order valence-corrected chi connectivity index (χ1v) is 11.5. The Balaban J connectivity index is 1.41. The number of hydrogen-bond donors (Lipinski definition) is 0. The van der Waals surface area contributed by atoms with Crippen LogP contribution in [0.15, 0.2) is 12.1 Å². The summed E-state index contributed by atoms with van der Waals surface area (Å²) in [5.41, 5.74) is 1.88. The third-order valence-corrected chi connectivity index (χ3v) is 8.51. The van der Waals surface area contributed by atoms with Gasteiger partial charge < -0.3 is 0 Å². The average molecular weight is 363 g/mol. The fourth-order valence-corrected chi connectivity index (χ4v) is 6.41. The highest BCUT2D eigenvalue weighted by molar-refractivity contribution is 6.37. The molecule has 0 unspecified atom stereocenters. The molecule has 0 saturated heterocycles. The SMILES string of the molecule is Cc1ccc(CC2CCC([Si]CC3CCC(C)CC3)CC2)c(F)c1F. The molecule has 3 heteroatoms. The van der Waals surface area contributed by atoms with Gasteiger partial charge in [0.25, 0.3) is 0 Å². The van der Waals surface area contributed by atoms with E-state index in [0.717, 1.165) is 26.9 Å². The Morgan fingerprint density at radius 2 is 1.52 bits per heavy atom. The van der Waals surface area contributed by atoms with Gasteiger partial charge in [0.2, 0.25) is 0 Å². The lowest BCUT2D eigenvalue weighted by Crippen LogP contribution is -2.20. The third kappa shape index (κ3) is 5.15. The second-order valence-corrected chi connectivity index (χ2v) is 10.3. The second kappa shape index (κ2) is 8.79. The van der Waals surface area contributed by atoms with Crippen molar-refractivity contribution in [1.82, 2.24) is 0 Å². The van der Waals surface area contributed by atoms with Crippen LogP contribution in [0, 0.1) is 36.3 Å². The molecule has 0 aromatic heterocycles. The lowest BCUT2D eigenvalue weighted by Gasteiger charge is -2.31. The van der Waals surface area contributed by atoms with Crippen LogP contribution < -0.4 is 0 Å². The summed E-state index contributed by atoms with van der Waals surface area (Å²) in [5.74, 6) is 1.19. The van der Waals surface area contributed by atoms with Gasteiger partial charge in [0.15, 0.2) is 11.6 Å². The van der Waals surface area contributed by atoms with Crippen LogP contribution in [0.5, 0.6) is 0 Å². The lowest BCUT2D eigenvalue weighted by molar-refractivity contribution is 0.304. The minimum atomic E-state index is -0.658. The maximum atomic E-state index is 14.1. The molecule has 0 heterocycles. The van der Waals surface area contributed by atoms with Gasteiger partial charge in [-0.2, -0.15) is 0 Å². The van der Waals surface area contributed by atoms with Crippen molar-refractivity contribution in [2.45, 2.75) is 83.2 Å². The van der Waals surface area contributed by atoms with Crippen molar-refractivity contribution < 1.29 is 8.78 Å². The predicted molar refractivity (Wildman–Crippen MR) is 102 cm³/mol. The molecule has 3 rings (SSSR count). The summed E-state index contributed by atoms with van der Waals surface area (Å²) in [6.07, 6.45) is 11.4. The van der Waals surface area contributed by atoms with Gasteiger partial charge in [-0.25, -0.2) is 8.78 Å². The Bertz CT molecular complexity index is 555. The van der Waals surface area contributed by atoms with Gasteiger partial charge in [-0.1, -0.05) is 76.5 Å². The van der Waals surface area contributed by atoms with Crippen molar-refractivity contribution in [3.8, 4) is 0 Å². The van der Waals surface area contributed by atoms with Crippen LogP contribution in [0.25, 0.3) is 0 Å². The molecule has 2 saturated carbocycles. The van der Waals surface area contributed by atoms with Gasteiger partial charge in [-0.05, 0) is 47.8 Å². The third-order valence-electron chi connectivity index (χ3n) is 6.54. The Hall–Kier alpha value is -0.703. The van der Waals surface area contributed by atoms with E-state index in [9.17, 15) is 8.78 Å². The molecule has 0 aliphatic heterocycles. The maximum Gasteiger partial charge on any atom is 0.162 e. The van der Waals surface area contributed by atoms with Gasteiger partial charge in [0.1, 0.15) is 0 Å². The van der Waals surface area contributed by atoms with E-state index in [1.807, 2.05) is 0 Å². The van der Waals surface area contributed by atoms with Crippen LogP contribution in [0.2, 0.25) is 11.6 Å². The number of halogens is 2. The van der Waals surface area contributed by atoms with Crippen molar-refractivity contribution in [3.63, 3.8) is 0 Å². The van der Waals surface area contributed by atoms with Crippen molar-refractivity contribution in [1.29, 1.82) is 0 Å². The first-order chi connectivity index (χ1) is 12.0. The molecule has 138 valence electrons. The zero-order valence-corrected chi connectivity index (χ0v) is 16.8. The predicted octanol–water partition coefficient (Wildman–Crippen LogP) is 6.74. The Labute approximate surface area is 154 Å². The van der Waals surface area contributed by atoms with Crippen molar-refractivity contribution >= 4 is 9.52 Å². The molecule has 0 amide bonds. The Kier molecular flexibility index (Phi) is 6.71. The van der Waals surface area contributed by atoms with Crippen LogP contribution in [0.4, 0.5) is 8.78 Å². The van der Waals surface area contributed by atoms with E-state index >= 15 is 0 Å². The van der Waals surface area contributed by atoms with E-state index in [2.05, 4.69) is 6.92 Å². The molecule has 0 spiro atoms. The van der Waals surface area contributed by atoms with E-state index < -0.39 is 11.6 Å². The molecule has 0 atom stereocenters. The van der Waals surface area contributed by atoms with Gasteiger partial charge in [0, 0.05) is 9.52 Å². The highest BCUT2D eigenvalue weighted by atomic mass is 28.2. The first kappa shape index (κ1) is 19.1. The quantitative estimate of drug-likeness (QED) is 0.509. The molecular weight excluding hydrogens is 330 g/mol. The van der Waals surface area contributed by atoms with Crippen molar-refractivity contribution in [2.24, 2.45) is 17.8 Å². The van der Waals surface area contributed by atoms with Gasteiger partial charge in [-0.3, -0.25) is 0 Å². The lowest BCUT2D eigenvalue weighted by atomic mass is 9.84. The highest BCUT2D eigenvalue weighted by Gasteiger charge is 2.25. The largest absolute Gasteiger partial charge is 0.203 e. The molecule has 2 radical (unpaired) electrons. The molecular formula is C22H32F2Si. The van der Waals surface area contributed by atoms with Crippen LogP contribution >= 0.6 is 0 Å². The fourth-order valence-electron chi connectivity index (χ4n) is 4.59. The van der Waals surface area contributed by atoms with Crippen LogP contribution in [0.1, 0.15) is 69.4 Å². The van der Waals surface area contributed by atoms with E-state index in [1.165, 1.54) is 57.4 Å². The minimum Gasteiger partial charge on any atom is -0.203 e. The smallest absolute Gasteiger partial charge is 0.162 e. The van der Waals surface area contributed by atoms with E-state index in [0.29, 0.717) is 23.5 Å². The number of hydrogen-bond acceptors (Lipinski definition) is 0. The monoisotopic (exact) mass is 362 g/mol. The standard InChI is InChI=1S/C22H32F2Si/c1-15-3-6-18(7-4-15)14-25-20-11-8-17(9-12-20)13-19-10-5-16(2)21(23)22(19)24/h5,10,15,17-18,20H,3-4,6-9,11-14H2,1-2H3. The molecule has 2 aliphatic rings. The molecule has 0 nitrogen and oxygen atoms in total. The van der Waals surface area contributed by atoms with Crippen molar-refractivity contribution in [2.75, 3.05) is 0 Å². The number of benzene rings is 1. The topological polar surface area (TPSA) is 0 Å². The Morgan fingerprint density at radius 3 is 2.20 bits per heavy atom. The second-order valence-electron chi connectivity index (χ2n) is 8.63. The molecule has 1 aromatic carbocycles. The van der Waals surface area contributed by atoms with Crippen LogP contribution in [-0.2, 0) is 6.42 Å². The zero-order valence-electron chi connectivity index (χ0n) is 15.8. The van der Waals surface area contributed by atoms with Crippen LogP contribution in [-0.4, -0.2) is 9.52 Å². The highest BCUT2D eigenvalue weighted by Crippen LogP contribution is 2.37. The van der Waals surface area contributed by atoms with E-state index in [4.69, 9.17) is 0 Å². The molecule has 0 N–H and O–H groups in total. The summed E-state index contributed by atoms with van der Waals surface area (Å²) in [6.45, 7) is 4.02. The van der Waals surface area contributed by atoms with Gasteiger partial charge in [-0.15, -0.1) is 0 Å². The maximum absolute atomic E-state index is 14.1. The van der Waals surface area contributed by atoms with Crippen LogP contribution in [0.3, 0.4) is 0 Å². The normalized spacial score (nSPS) is 30.4. The number of aryl methyl sites for hydroxylation is 1. The molecule has 2 aliphatic carbocycles. The summed E-state index contributed by atoms with van der Waals surface area (Å²) in [6, 6.07) is 4.94. The van der Waals surface area contributed by atoms with Gasteiger partial charge >= 0.3 is 0 Å².